The molecule has 0 saturated heterocycles. The van der Waals surface area contributed by atoms with Crippen LogP contribution >= 0.6 is 11.8 Å². The van der Waals surface area contributed by atoms with Crippen LogP contribution in [0.15, 0.2) is 24.3 Å². The highest BCUT2D eigenvalue weighted by Crippen LogP contribution is 2.14. The lowest BCUT2D eigenvalue weighted by Crippen LogP contribution is -2.24. The zero-order valence-electron chi connectivity index (χ0n) is 9.29. The minimum Gasteiger partial charge on any atom is -0.314 e. The second-order valence-electron chi connectivity index (χ2n) is 3.75. The molecule has 1 aromatic carbocycles. The molecule has 0 unspecified atom stereocenters. The Morgan fingerprint density at radius 3 is 2.73 bits per heavy atom. The zero-order chi connectivity index (χ0) is 11.1. The minimum absolute atomic E-state index is 0.0955. The van der Waals surface area contributed by atoms with Crippen molar-refractivity contribution < 1.29 is 4.39 Å². The molecule has 0 radical (unpaired) electrons. The van der Waals surface area contributed by atoms with Gasteiger partial charge in [-0.1, -0.05) is 32.0 Å². The number of benzene rings is 1. The fourth-order valence-electron chi connectivity index (χ4n) is 1.22. The third-order valence-electron chi connectivity index (χ3n) is 2.01. The summed E-state index contributed by atoms with van der Waals surface area (Å²) in [6, 6.07) is 7.49. The zero-order valence-corrected chi connectivity index (χ0v) is 10.1. The lowest BCUT2D eigenvalue weighted by molar-refractivity contribution is 0.614. The van der Waals surface area contributed by atoms with Gasteiger partial charge in [0, 0.05) is 24.1 Å². The van der Waals surface area contributed by atoms with Crippen molar-refractivity contribution in [1.82, 2.24) is 5.32 Å². The lowest BCUT2D eigenvalue weighted by atomic mass is 10.2. The SMILES string of the molecule is CC(C)NCCSCc1ccccc1F. The first kappa shape index (κ1) is 12.5. The summed E-state index contributed by atoms with van der Waals surface area (Å²) in [6.07, 6.45) is 0. The van der Waals surface area contributed by atoms with E-state index in [9.17, 15) is 4.39 Å². The van der Waals surface area contributed by atoms with Crippen LogP contribution in [0, 0.1) is 5.82 Å². The first-order chi connectivity index (χ1) is 7.20. The normalized spacial score (nSPS) is 10.9. The summed E-state index contributed by atoms with van der Waals surface area (Å²) < 4.78 is 13.2. The van der Waals surface area contributed by atoms with Crippen molar-refractivity contribution >= 4 is 11.8 Å². The van der Waals surface area contributed by atoms with Gasteiger partial charge in [-0.3, -0.25) is 0 Å². The summed E-state index contributed by atoms with van der Waals surface area (Å²) >= 11 is 1.76. The van der Waals surface area contributed by atoms with Crippen molar-refractivity contribution in [3.8, 4) is 0 Å². The Hall–Kier alpha value is -0.540. The Morgan fingerprint density at radius 1 is 1.33 bits per heavy atom. The van der Waals surface area contributed by atoms with Gasteiger partial charge in [-0.25, -0.2) is 4.39 Å². The van der Waals surface area contributed by atoms with Gasteiger partial charge < -0.3 is 5.32 Å². The third kappa shape index (κ3) is 5.19. The second kappa shape index (κ2) is 6.85. The molecule has 15 heavy (non-hydrogen) atoms. The molecule has 1 rings (SSSR count). The molecular formula is C12H18FNS. The molecule has 0 heterocycles. The molecule has 0 fully saturated rings. The number of halogens is 1. The first-order valence-electron chi connectivity index (χ1n) is 5.24. The molecule has 0 aliphatic rings. The smallest absolute Gasteiger partial charge is 0.127 e. The predicted molar refractivity (Wildman–Crippen MR) is 65.7 cm³/mol. The molecule has 0 aromatic heterocycles. The van der Waals surface area contributed by atoms with Crippen molar-refractivity contribution in [2.75, 3.05) is 12.3 Å². The van der Waals surface area contributed by atoms with Crippen molar-refractivity contribution in [2.24, 2.45) is 0 Å². The van der Waals surface area contributed by atoms with E-state index >= 15 is 0 Å². The molecule has 0 aliphatic carbocycles. The van der Waals surface area contributed by atoms with E-state index in [1.54, 1.807) is 17.8 Å². The van der Waals surface area contributed by atoms with Crippen LogP contribution < -0.4 is 5.32 Å². The van der Waals surface area contributed by atoms with E-state index in [4.69, 9.17) is 0 Å². The minimum atomic E-state index is -0.0955. The van der Waals surface area contributed by atoms with E-state index in [0.717, 1.165) is 23.6 Å². The van der Waals surface area contributed by atoms with Crippen LogP contribution in [0.5, 0.6) is 0 Å². The van der Waals surface area contributed by atoms with Crippen molar-refractivity contribution in [3.05, 3.63) is 35.6 Å². The van der Waals surface area contributed by atoms with Gasteiger partial charge in [-0.2, -0.15) is 11.8 Å². The Kier molecular flexibility index (Phi) is 5.73. The fraction of sp³-hybridized carbons (Fsp3) is 0.500. The monoisotopic (exact) mass is 227 g/mol. The summed E-state index contributed by atoms with van der Waals surface area (Å²) in [5.41, 5.74) is 0.798. The molecule has 3 heteroatoms. The number of nitrogens with one attached hydrogen (secondary N) is 1. The van der Waals surface area contributed by atoms with Crippen LogP contribution in [0.4, 0.5) is 4.39 Å². The summed E-state index contributed by atoms with van der Waals surface area (Å²) in [6.45, 7) is 5.24. The average molecular weight is 227 g/mol. The van der Waals surface area contributed by atoms with E-state index < -0.39 is 0 Å². The maximum Gasteiger partial charge on any atom is 0.127 e. The van der Waals surface area contributed by atoms with Gasteiger partial charge in [0.2, 0.25) is 0 Å². The van der Waals surface area contributed by atoms with Crippen LogP contribution in [0.3, 0.4) is 0 Å². The Balaban J connectivity index is 2.18. The number of hydrogen-bond acceptors (Lipinski definition) is 2. The highest BCUT2D eigenvalue weighted by atomic mass is 32.2. The first-order valence-corrected chi connectivity index (χ1v) is 6.40. The molecule has 0 saturated carbocycles. The molecule has 0 aliphatic heterocycles. The molecule has 1 N–H and O–H groups in total. The van der Waals surface area contributed by atoms with Gasteiger partial charge in [0.25, 0.3) is 0 Å². The van der Waals surface area contributed by atoms with E-state index in [2.05, 4.69) is 19.2 Å². The maximum absolute atomic E-state index is 13.2. The molecule has 0 amide bonds. The van der Waals surface area contributed by atoms with E-state index in [0.29, 0.717) is 6.04 Å². The molecule has 1 aromatic rings. The Bertz CT molecular complexity index is 289. The molecule has 1 nitrogen and oxygen atoms in total. The van der Waals surface area contributed by atoms with E-state index in [1.807, 2.05) is 12.1 Å². The Morgan fingerprint density at radius 2 is 2.07 bits per heavy atom. The molecule has 0 atom stereocenters. The van der Waals surface area contributed by atoms with E-state index in [1.165, 1.54) is 6.07 Å². The standard InChI is InChI=1S/C12H18FNS/c1-10(2)14-7-8-15-9-11-5-3-4-6-12(11)13/h3-6,10,14H,7-9H2,1-2H3. The lowest BCUT2D eigenvalue weighted by Gasteiger charge is -2.07. The molecule has 0 spiro atoms. The summed E-state index contributed by atoms with van der Waals surface area (Å²) in [7, 11) is 0. The van der Waals surface area contributed by atoms with Crippen LogP contribution in [-0.4, -0.2) is 18.3 Å². The van der Waals surface area contributed by atoms with Gasteiger partial charge >= 0.3 is 0 Å². The van der Waals surface area contributed by atoms with Crippen LogP contribution in [0.2, 0.25) is 0 Å². The number of rotatable bonds is 6. The number of hydrogen-bond donors (Lipinski definition) is 1. The molecule has 84 valence electrons. The predicted octanol–water partition coefficient (Wildman–Crippen LogP) is 3.06. The van der Waals surface area contributed by atoms with Crippen LogP contribution in [0.25, 0.3) is 0 Å². The van der Waals surface area contributed by atoms with Gasteiger partial charge in [0.1, 0.15) is 5.82 Å². The number of thioether (sulfide) groups is 1. The highest BCUT2D eigenvalue weighted by Gasteiger charge is 2.00. The van der Waals surface area contributed by atoms with E-state index in [-0.39, 0.29) is 5.82 Å². The topological polar surface area (TPSA) is 12.0 Å². The summed E-state index contributed by atoms with van der Waals surface area (Å²) in [4.78, 5) is 0. The highest BCUT2D eigenvalue weighted by molar-refractivity contribution is 7.98. The molecule has 0 bridgehead atoms. The van der Waals surface area contributed by atoms with Gasteiger partial charge in [-0.05, 0) is 11.6 Å². The molecular weight excluding hydrogens is 209 g/mol. The quantitative estimate of drug-likeness (QED) is 0.750. The van der Waals surface area contributed by atoms with Crippen LogP contribution in [-0.2, 0) is 5.75 Å². The largest absolute Gasteiger partial charge is 0.314 e. The van der Waals surface area contributed by atoms with Gasteiger partial charge in [0.05, 0.1) is 0 Å². The maximum atomic E-state index is 13.2. The van der Waals surface area contributed by atoms with Crippen molar-refractivity contribution in [3.63, 3.8) is 0 Å². The van der Waals surface area contributed by atoms with Crippen molar-refractivity contribution in [1.29, 1.82) is 0 Å². The summed E-state index contributed by atoms with van der Waals surface area (Å²) in [5, 5.41) is 3.33. The van der Waals surface area contributed by atoms with Crippen LogP contribution in [0.1, 0.15) is 19.4 Å². The Labute approximate surface area is 95.5 Å². The summed E-state index contributed by atoms with van der Waals surface area (Å²) in [5.74, 6) is 1.68. The fourth-order valence-corrected chi connectivity index (χ4v) is 2.08. The third-order valence-corrected chi connectivity index (χ3v) is 3.02. The average Bonchev–Trinajstić information content (AvgIpc) is 2.20. The second-order valence-corrected chi connectivity index (χ2v) is 4.86. The van der Waals surface area contributed by atoms with Gasteiger partial charge in [0.15, 0.2) is 0 Å². The van der Waals surface area contributed by atoms with Gasteiger partial charge in [-0.15, -0.1) is 0 Å². The van der Waals surface area contributed by atoms with Crippen molar-refractivity contribution in [2.45, 2.75) is 25.6 Å².